The standard InChI is InChI=1S/C22H27N3O2.ClH/c23-20(15-18-9-5-2-6-10-18)22(27)24-19-13-14-25(16-19)21(26)12-11-17-7-3-1-4-8-17;/h1-10,19-20H,11-16,23H2,(H,24,27);1H. The van der Waals surface area contributed by atoms with Gasteiger partial charge in [-0.25, -0.2) is 0 Å². The fourth-order valence-electron chi connectivity index (χ4n) is 3.43. The number of likely N-dealkylation sites (tertiary alicyclic amines) is 1. The molecule has 5 nitrogen and oxygen atoms in total. The van der Waals surface area contributed by atoms with E-state index in [2.05, 4.69) is 5.32 Å². The first-order valence-electron chi connectivity index (χ1n) is 9.53. The molecule has 1 aliphatic rings. The first kappa shape index (κ1) is 21.9. The minimum atomic E-state index is -0.574. The molecule has 0 bridgehead atoms. The van der Waals surface area contributed by atoms with Gasteiger partial charge in [0.05, 0.1) is 6.04 Å². The molecule has 1 aliphatic heterocycles. The van der Waals surface area contributed by atoms with Crippen molar-refractivity contribution in [1.82, 2.24) is 10.2 Å². The van der Waals surface area contributed by atoms with E-state index in [0.29, 0.717) is 25.9 Å². The summed E-state index contributed by atoms with van der Waals surface area (Å²) < 4.78 is 0. The van der Waals surface area contributed by atoms with Crippen LogP contribution in [-0.4, -0.2) is 41.9 Å². The van der Waals surface area contributed by atoms with Crippen LogP contribution in [0.15, 0.2) is 60.7 Å². The molecule has 0 spiro atoms. The molecule has 0 aromatic heterocycles. The molecule has 0 aliphatic carbocycles. The largest absolute Gasteiger partial charge is 0.350 e. The summed E-state index contributed by atoms with van der Waals surface area (Å²) in [6.07, 6.45) is 2.54. The Hall–Kier alpha value is -2.37. The second kappa shape index (κ2) is 10.8. The lowest BCUT2D eigenvalue weighted by atomic mass is 10.1. The van der Waals surface area contributed by atoms with E-state index < -0.39 is 6.04 Å². The minimum absolute atomic E-state index is 0. The molecule has 3 rings (SSSR count). The molecule has 1 heterocycles. The van der Waals surface area contributed by atoms with E-state index in [-0.39, 0.29) is 30.3 Å². The van der Waals surface area contributed by atoms with Gasteiger partial charge < -0.3 is 16.0 Å². The third kappa shape index (κ3) is 6.36. The Morgan fingerprint density at radius 1 is 1.04 bits per heavy atom. The number of halogens is 1. The van der Waals surface area contributed by atoms with Crippen LogP contribution in [0.25, 0.3) is 0 Å². The fraction of sp³-hybridized carbons (Fsp3) is 0.364. The lowest BCUT2D eigenvalue weighted by Crippen LogP contribution is -2.47. The smallest absolute Gasteiger partial charge is 0.237 e. The van der Waals surface area contributed by atoms with E-state index in [1.807, 2.05) is 65.6 Å². The molecule has 6 heteroatoms. The molecule has 2 unspecified atom stereocenters. The number of rotatable bonds is 7. The summed E-state index contributed by atoms with van der Waals surface area (Å²) in [6, 6.07) is 19.2. The molecule has 2 aromatic rings. The molecular formula is C22H28ClN3O2. The second-order valence-corrected chi connectivity index (χ2v) is 7.12. The van der Waals surface area contributed by atoms with Crippen LogP contribution in [0.3, 0.4) is 0 Å². The maximum Gasteiger partial charge on any atom is 0.237 e. The van der Waals surface area contributed by atoms with Crippen LogP contribution in [0.1, 0.15) is 24.0 Å². The Balaban J connectivity index is 0.00000280. The van der Waals surface area contributed by atoms with Gasteiger partial charge in [0.25, 0.3) is 0 Å². The Morgan fingerprint density at radius 2 is 1.64 bits per heavy atom. The van der Waals surface area contributed by atoms with Crippen LogP contribution in [0, 0.1) is 0 Å². The molecule has 2 aromatic carbocycles. The van der Waals surface area contributed by atoms with Crippen LogP contribution in [0.5, 0.6) is 0 Å². The van der Waals surface area contributed by atoms with E-state index in [1.165, 1.54) is 5.56 Å². The van der Waals surface area contributed by atoms with Crippen LogP contribution >= 0.6 is 12.4 Å². The summed E-state index contributed by atoms with van der Waals surface area (Å²) in [5.74, 6) is -0.00776. The van der Waals surface area contributed by atoms with E-state index >= 15 is 0 Å². The Bertz CT molecular complexity index is 755. The zero-order valence-corrected chi connectivity index (χ0v) is 16.7. The van der Waals surface area contributed by atoms with Gasteiger partial charge in [0.2, 0.25) is 11.8 Å². The predicted octanol–water partition coefficient (Wildman–Crippen LogP) is 2.33. The van der Waals surface area contributed by atoms with Crippen LogP contribution < -0.4 is 11.1 Å². The highest BCUT2D eigenvalue weighted by molar-refractivity contribution is 5.85. The van der Waals surface area contributed by atoms with E-state index in [1.54, 1.807) is 0 Å². The van der Waals surface area contributed by atoms with Gasteiger partial charge in [0.1, 0.15) is 0 Å². The lowest BCUT2D eigenvalue weighted by Gasteiger charge is -2.19. The zero-order chi connectivity index (χ0) is 19.1. The van der Waals surface area contributed by atoms with Crippen molar-refractivity contribution >= 4 is 24.2 Å². The van der Waals surface area contributed by atoms with E-state index in [9.17, 15) is 9.59 Å². The van der Waals surface area contributed by atoms with E-state index in [4.69, 9.17) is 5.73 Å². The molecule has 2 atom stereocenters. The highest BCUT2D eigenvalue weighted by Crippen LogP contribution is 2.13. The molecular weight excluding hydrogens is 374 g/mol. The Kier molecular flexibility index (Phi) is 8.48. The SMILES string of the molecule is Cl.NC(Cc1ccccc1)C(=O)NC1CCN(C(=O)CCc2ccccc2)C1. The number of nitrogens with one attached hydrogen (secondary N) is 1. The van der Waals surface area contributed by atoms with Crippen molar-refractivity contribution in [1.29, 1.82) is 0 Å². The van der Waals surface area contributed by atoms with Crippen molar-refractivity contribution < 1.29 is 9.59 Å². The number of carbonyl (C=O) groups is 2. The number of aryl methyl sites for hydroxylation is 1. The van der Waals surface area contributed by atoms with Crippen LogP contribution in [-0.2, 0) is 22.4 Å². The van der Waals surface area contributed by atoms with Gasteiger partial charge in [-0.1, -0.05) is 60.7 Å². The van der Waals surface area contributed by atoms with Crippen molar-refractivity contribution in [3.63, 3.8) is 0 Å². The third-order valence-corrected chi connectivity index (χ3v) is 4.99. The van der Waals surface area contributed by atoms with Crippen LogP contribution in [0.2, 0.25) is 0 Å². The zero-order valence-electron chi connectivity index (χ0n) is 15.9. The second-order valence-electron chi connectivity index (χ2n) is 7.12. The quantitative estimate of drug-likeness (QED) is 0.747. The van der Waals surface area contributed by atoms with Gasteiger partial charge in [0.15, 0.2) is 0 Å². The molecule has 2 amide bonds. The summed E-state index contributed by atoms with van der Waals surface area (Å²) in [7, 11) is 0. The Labute approximate surface area is 172 Å². The summed E-state index contributed by atoms with van der Waals surface area (Å²) in [5, 5.41) is 3.00. The summed E-state index contributed by atoms with van der Waals surface area (Å²) >= 11 is 0. The molecule has 0 radical (unpaired) electrons. The molecule has 150 valence electrons. The number of hydrogen-bond acceptors (Lipinski definition) is 3. The minimum Gasteiger partial charge on any atom is -0.350 e. The average Bonchev–Trinajstić information content (AvgIpc) is 3.16. The molecule has 1 fully saturated rings. The van der Waals surface area contributed by atoms with Gasteiger partial charge in [-0.3, -0.25) is 9.59 Å². The number of carbonyl (C=O) groups excluding carboxylic acids is 2. The van der Waals surface area contributed by atoms with Gasteiger partial charge in [0, 0.05) is 25.6 Å². The number of amides is 2. The number of nitrogens with zero attached hydrogens (tertiary/aromatic N) is 1. The molecule has 0 saturated carbocycles. The molecule has 28 heavy (non-hydrogen) atoms. The van der Waals surface area contributed by atoms with Gasteiger partial charge in [-0.2, -0.15) is 0 Å². The average molecular weight is 402 g/mol. The van der Waals surface area contributed by atoms with Crippen LogP contribution in [0.4, 0.5) is 0 Å². The van der Waals surface area contributed by atoms with E-state index in [0.717, 1.165) is 18.4 Å². The van der Waals surface area contributed by atoms with Gasteiger partial charge in [-0.05, 0) is 30.4 Å². The topological polar surface area (TPSA) is 75.4 Å². The number of hydrogen-bond donors (Lipinski definition) is 2. The fourth-order valence-corrected chi connectivity index (χ4v) is 3.43. The maximum atomic E-state index is 12.4. The lowest BCUT2D eigenvalue weighted by molar-refractivity contribution is -0.130. The third-order valence-electron chi connectivity index (χ3n) is 4.99. The monoisotopic (exact) mass is 401 g/mol. The van der Waals surface area contributed by atoms with Crippen molar-refractivity contribution in [3.05, 3.63) is 71.8 Å². The van der Waals surface area contributed by atoms with Gasteiger partial charge >= 0.3 is 0 Å². The van der Waals surface area contributed by atoms with Gasteiger partial charge in [-0.15, -0.1) is 12.4 Å². The van der Waals surface area contributed by atoms with Crippen molar-refractivity contribution in [2.75, 3.05) is 13.1 Å². The first-order valence-corrected chi connectivity index (χ1v) is 9.53. The maximum absolute atomic E-state index is 12.4. The summed E-state index contributed by atoms with van der Waals surface area (Å²) in [4.78, 5) is 26.6. The van der Waals surface area contributed by atoms with Crippen molar-refractivity contribution in [2.24, 2.45) is 5.73 Å². The highest BCUT2D eigenvalue weighted by Gasteiger charge is 2.28. The summed E-state index contributed by atoms with van der Waals surface area (Å²) in [6.45, 7) is 1.25. The summed E-state index contributed by atoms with van der Waals surface area (Å²) in [5.41, 5.74) is 8.26. The first-order chi connectivity index (χ1) is 13.1. The number of benzene rings is 2. The number of nitrogens with two attached hydrogens (primary N) is 1. The molecule has 1 saturated heterocycles. The van der Waals surface area contributed by atoms with Crippen molar-refractivity contribution in [2.45, 2.75) is 37.8 Å². The highest BCUT2D eigenvalue weighted by atomic mass is 35.5. The Morgan fingerprint density at radius 3 is 2.29 bits per heavy atom. The van der Waals surface area contributed by atoms with Crippen molar-refractivity contribution in [3.8, 4) is 0 Å². The predicted molar refractivity (Wildman–Crippen MR) is 113 cm³/mol. The molecule has 3 N–H and O–H groups in total. The normalized spacial score (nSPS) is 16.9.